The van der Waals surface area contributed by atoms with Crippen LogP contribution in [0, 0.1) is 5.92 Å². The molecule has 1 heterocycles. The third kappa shape index (κ3) is 3.64. The molecule has 1 aliphatic rings. The van der Waals surface area contributed by atoms with Gasteiger partial charge in [0.1, 0.15) is 5.56 Å². The lowest BCUT2D eigenvalue weighted by Gasteiger charge is -2.21. The summed E-state index contributed by atoms with van der Waals surface area (Å²) < 4.78 is 0. The zero-order valence-corrected chi connectivity index (χ0v) is 13.7. The van der Waals surface area contributed by atoms with E-state index in [1.165, 1.54) is 0 Å². The zero-order chi connectivity index (χ0) is 16.4. The van der Waals surface area contributed by atoms with Gasteiger partial charge in [-0.25, -0.2) is 0 Å². The van der Waals surface area contributed by atoms with Crippen LogP contribution < -0.4 is 10.9 Å². The summed E-state index contributed by atoms with van der Waals surface area (Å²) in [7, 11) is 0. The minimum absolute atomic E-state index is 0.180. The molecule has 1 aromatic carbocycles. The number of hydrogen-bond donors (Lipinski definition) is 2. The molecule has 2 N–H and O–H groups in total. The highest BCUT2D eigenvalue weighted by Gasteiger charge is 2.20. The first-order valence-electron chi connectivity index (χ1n) is 7.80. The van der Waals surface area contributed by atoms with Gasteiger partial charge in [0, 0.05) is 17.3 Å². The van der Waals surface area contributed by atoms with Crippen LogP contribution in [0.2, 0.25) is 5.02 Å². The van der Waals surface area contributed by atoms with Gasteiger partial charge in [-0.3, -0.25) is 9.59 Å². The standard InChI is InChI=1S/C18H19ClN2O2/c1-11-5-6-16-13(7-11)9-15(18(23)21-16)17(22)20-10-12-3-2-4-14(19)8-12/h2-4,8-9,11H,5-7,10H2,1H3,(H,20,22)(H,21,23). The van der Waals surface area contributed by atoms with Gasteiger partial charge in [-0.1, -0.05) is 30.7 Å². The summed E-state index contributed by atoms with van der Waals surface area (Å²) in [4.78, 5) is 27.3. The molecular weight excluding hydrogens is 312 g/mol. The molecule has 1 unspecified atom stereocenters. The van der Waals surface area contributed by atoms with Crippen molar-refractivity contribution in [3.8, 4) is 0 Å². The van der Waals surface area contributed by atoms with Gasteiger partial charge >= 0.3 is 0 Å². The van der Waals surface area contributed by atoms with Crippen molar-refractivity contribution in [2.75, 3.05) is 0 Å². The number of aryl methyl sites for hydroxylation is 1. The minimum atomic E-state index is -0.354. The number of H-pyrrole nitrogens is 1. The van der Waals surface area contributed by atoms with Crippen LogP contribution in [0.4, 0.5) is 0 Å². The van der Waals surface area contributed by atoms with Crippen LogP contribution in [0.5, 0.6) is 0 Å². The maximum absolute atomic E-state index is 12.3. The van der Waals surface area contributed by atoms with E-state index < -0.39 is 0 Å². The Bertz CT molecular complexity index is 798. The SMILES string of the molecule is CC1CCc2[nH]c(=O)c(C(=O)NCc3cccc(Cl)c3)cc2C1. The van der Waals surface area contributed by atoms with E-state index in [9.17, 15) is 9.59 Å². The van der Waals surface area contributed by atoms with Crippen molar-refractivity contribution in [3.05, 3.63) is 68.1 Å². The Morgan fingerprint density at radius 2 is 2.22 bits per heavy atom. The fourth-order valence-electron chi connectivity index (χ4n) is 2.98. The smallest absolute Gasteiger partial charge is 0.261 e. The van der Waals surface area contributed by atoms with Gasteiger partial charge in [0.25, 0.3) is 11.5 Å². The molecule has 1 amide bonds. The molecule has 1 aromatic heterocycles. The van der Waals surface area contributed by atoms with Crippen molar-refractivity contribution in [1.82, 2.24) is 10.3 Å². The maximum atomic E-state index is 12.3. The second-order valence-corrected chi connectivity index (χ2v) is 6.61. The molecule has 1 atom stereocenters. The highest BCUT2D eigenvalue weighted by Crippen LogP contribution is 2.23. The van der Waals surface area contributed by atoms with Crippen molar-refractivity contribution in [2.24, 2.45) is 5.92 Å². The molecule has 1 aliphatic carbocycles. The Balaban J connectivity index is 1.77. The summed E-state index contributed by atoms with van der Waals surface area (Å²) >= 11 is 5.93. The highest BCUT2D eigenvalue weighted by atomic mass is 35.5. The molecule has 3 rings (SSSR count). The van der Waals surface area contributed by atoms with Crippen LogP contribution in [0.1, 0.15) is 40.5 Å². The summed E-state index contributed by atoms with van der Waals surface area (Å²) in [5.74, 6) is 0.225. The van der Waals surface area contributed by atoms with Crippen molar-refractivity contribution < 1.29 is 4.79 Å². The number of rotatable bonds is 3. The molecule has 0 aliphatic heterocycles. The molecule has 0 radical (unpaired) electrons. The molecule has 0 saturated carbocycles. The number of aromatic nitrogens is 1. The minimum Gasteiger partial charge on any atom is -0.348 e. The molecule has 0 saturated heterocycles. The second-order valence-electron chi connectivity index (χ2n) is 6.18. The predicted molar refractivity (Wildman–Crippen MR) is 90.9 cm³/mol. The number of carbonyl (C=O) groups is 1. The van der Waals surface area contributed by atoms with Gasteiger partial charge in [0.05, 0.1) is 0 Å². The van der Waals surface area contributed by atoms with E-state index in [1.807, 2.05) is 12.1 Å². The third-order valence-corrected chi connectivity index (χ3v) is 4.49. The molecule has 5 heteroatoms. The molecule has 0 fully saturated rings. The van der Waals surface area contributed by atoms with Crippen LogP contribution in [0.15, 0.2) is 35.1 Å². The van der Waals surface area contributed by atoms with Gasteiger partial charge in [-0.2, -0.15) is 0 Å². The van der Waals surface area contributed by atoms with Crippen LogP contribution >= 0.6 is 11.6 Å². The van der Waals surface area contributed by atoms with Gasteiger partial charge in [-0.05, 0) is 54.5 Å². The fourth-order valence-corrected chi connectivity index (χ4v) is 3.19. The quantitative estimate of drug-likeness (QED) is 0.908. The Hall–Kier alpha value is -2.07. The number of benzene rings is 1. The average Bonchev–Trinajstić information content (AvgIpc) is 2.52. The highest BCUT2D eigenvalue weighted by molar-refractivity contribution is 6.30. The van der Waals surface area contributed by atoms with E-state index in [-0.39, 0.29) is 17.0 Å². The molecule has 23 heavy (non-hydrogen) atoms. The summed E-state index contributed by atoms with van der Waals surface area (Å²) in [5.41, 5.74) is 2.81. The van der Waals surface area contributed by atoms with E-state index >= 15 is 0 Å². The van der Waals surface area contributed by atoms with Crippen molar-refractivity contribution in [2.45, 2.75) is 32.7 Å². The molecule has 120 valence electrons. The number of pyridine rings is 1. The Kier molecular flexibility index (Phi) is 4.53. The van der Waals surface area contributed by atoms with E-state index in [1.54, 1.807) is 18.2 Å². The summed E-state index contributed by atoms with van der Waals surface area (Å²) in [6.07, 6.45) is 2.85. The topological polar surface area (TPSA) is 62.0 Å². The fraction of sp³-hybridized carbons (Fsp3) is 0.333. The first-order valence-corrected chi connectivity index (χ1v) is 8.18. The molecule has 0 bridgehead atoms. The lowest BCUT2D eigenvalue weighted by Crippen LogP contribution is -2.31. The van der Waals surface area contributed by atoms with Gasteiger partial charge < -0.3 is 10.3 Å². The molecule has 4 nitrogen and oxygen atoms in total. The number of nitrogens with one attached hydrogen (secondary N) is 2. The maximum Gasteiger partial charge on any atom is 0.261 e. The Labute approximate surface area is 139 Å². The lowest BCUT2D eigenvalue weighted by atomic mass is 9.87. The number of amides is 1. The van der Waals surface area contributed by atoms with Gasteiger partial charge in [0.2, 0.25) is 0 Å². The zero-order valence-electron chi connectivity index (χ0n) is 13.0. The molecular formula is C18H19ClN2O2. The first kappa shape index (κ1) is 15.8. The van der Waals surface area contributed by atoms with E-state index in [2.05, 4.69) is 17.2 Å². The third-order valence-electron chi connectivity index (χ3n) is 4.26. The van der Waals surface area contributed by atoms with E-state index in [4.69, 9.17) is 11.6 Å². The van der Waals surface area contributed by atoms with Crippen LogP contribution in [-0.2, 0) is 19.4 Å². The number of carbonyl (C=O) groups excluding carboxylic acids is 1. The Morgan fingerprint density at radius 1 is 1.39 bits per heavy atom. The predicted octanol–water partition coefficient (Wildman–Crippen LogP) is 3.08. The molecule has 0 spiro atoms. The summed E-state index contributed by atoms with van der Waals surface area (Å²) in [6, 6.07) is 9.03. The second kappa shape index (κ2) is 6.59. The summed E-state index contributed by atoms with van der Waals surface area (Å²) in [5, 5.41) is 3.41. The largest absolute Gasteiger partial charge is 0.348 e. The Morgan fingerprint density at radius 3 is 3.00 bits per heavy atom. The van der Waals surface area contributed by atoms with Crippen molar-refractivity contribution in [3.63, 3.8) is 0 Å². The number of fused-ring (bicyclic) bond motifs is 1. The van der Waals surface area contributed by atoms with Crippen molar-refractivity contribution >= 4 is 17.5 Å². The van der Waals surface area contributed by atoms with E-state index in [0.29, 0.717) is 17.5 Å². The average molecular weight is 331 g/mol. The number of halogens is 1. The van der Waals surface area contributed by atoms with Crippen LogP contribution in [0.3, 0.4) is 0 Å². The van der Waals surface area contributed by atoms with E-state index in [0.717, 1.165) is 36.1 Å². The normalized spacial score (nSPS) is 16.7. The number of hydrogen-bond acceptors (Lipinski definition) is 2. The van der Waals surface area contributed by atoms with Crippen molar-refractivity contribution in [1.29, 1.82) is 0 Å². The number of aromatic amines is 1. The lowest BCUT2D eigenvalue weighted by molar-refractivity contribution is 0.0949. The van der Waals surface area contributed by atoms with Crippen LogP contribution in [-0.4, -0.2) is 10.9 Å². The van der Waals surface area contributed by atoms with Crippen LogP contribution in [0.25, 0.3) is 0 Å². The molecule has 2 aromatic rings. The summed E-state index contributed by atoms with van der Waals surface area (Å²) in [6.45, 7) is 2.53. The first-order chi connectivity index (χ1) is 11.0. The monoisotopic (exact) mass is 330 g/mol. The van der Waals surface area contributed by atoms with Gasteiger partial charge in [-0.15, -0.1) is 0 Å². The van der Waals surface area contributed by atoms with Gasteiger partial charge in [0.15, 0.2) is 0 Å².